The first-order valence-corrected chi connectivity index (χ1v) is 5.03. The molecule has 0 aromatic carbocycles. The van der Waals surface area contributed by atoms with Gasteiger partial charge >= 0.3 is 8.25 Å². The average Bonchev–Trinajstić information content (AvgIpc) is 2.13. The van der Waals surface area contributed by atoms with Crippen molar-refractivity contribution >= 4 is 8.25 Å². The van der Waals surface area contributed by atoms with Crippen LogP contribution in [0.3, 0.4) is 0 Å². The molecule has 0 aromatic heterocycles. The van der Waals surface area contributed by atoms with Gasteiger partial charge < -0.3 is 9.05 Å². The third-order valence-electron chi connectivity index (χ3n) is 1.78. The van der Waals surface area contributed by atoms with Gasteiger partial charge in [-0.1, -0.05) is 12.5 Å². The van der Waals surface area contributed by atoms with E-state index in [0.717, 1.165) is 0 Å². The van der Waals surface area contributed by atoms with Crippen LogP contribution in [0.4, 0.5) is 0 Å². The maximum atomic E-state index is 10.8. The van der Waals surface area contributed by atoms with E-state index in [1.54, 1.807) is 0 Å². The molecule has 0 saturated heterocycles. The first kappa shape index (κ1) is 12.4. The molecule has 0 aliphatic carbocycles. The molecule has 13 heavy (non-hydrogen) atoms. The summed E-state index contributed by atoms with van der Waals surface area (Å²) in [7, 11) is -1.04. The molecule has 0 bridgehead atoms. The fourth-order valence-electron chi connectivity index (χ4n) is 0.487. The largest absolute Gasteiger partial charge is 0.319 e. The summed E-state index contributed by atoms with van der Waals surface area (Å²) in [6.45, 7) is 7.63. The van der Waals surface area contributed by atoms with Crippen LogP contribution in [0.1, 0.15) is 13.8 Å². The van der Waals surface area contributed by atoms with Crippen LogP contribution in [0.15, 0.2) is 12.2 Å². The van der Waals surface area contributed by atoms with Crippen LogP contribution in [-0.4, -0.2) is 13.7 Å². The Morgan fingerprint density at radius 2 is 2.23 bits per heavy atom. The summed E-state index contributed by atoms with van der Waals surface area (Å²) in [5, 5.41) is 0. The van der Waals surface area contributed by atoms with Gasteiger partial charge in [0.15, 0.2) is 0 Å². The van der Waals surface area contributed by atoms with Gasteiger partial charge in [0.25, 0.3) is 0 Å². The van der Waals surface area contributed by atoms with Crippen LogP contribution in [-0.2, 0) is 13.6 Å². The van der Waals surface area contributed by atoms with Crippen molar-refractivity contribution in [2.24, 2.45) is 5.41 Å². The van der Waals surface area contributed by atoms with Crippen LogP contribution < -0.4 is 0 Å². The van der Waals surface area contributed by atoms with Crippen molar-refractivity contribution in [3.8, 4) is 12.3 Å². The van der Waals surface area contributed by atoms with E-state index in [9.17, 15) is 4.57 Å². The fraction of sp³-hybridized carbons (Fsp3) is 0.556. The molecule has 0 radical (unpaired) electrons. The Kier molecular flexibility index (Phi) is 5.02. The van der Waals surface area contributed by atoms with E-state index in [-0.39, 0.29) is 6.61 Å². The zero-order valence-corrected chi connectivity index (χ0v) is 9.22. The Hall–Kier alpha value is -0.550. The van der Waals surface area contributed by atoms with Gasteiger partial charge in [-0.25, -0.2) is 0 Å². The van der Waals surface area contributed by atoms with Crippen molar-refractivity contribution in [3.05, 3.63) is 12.2 Å². The molecule has 0 heterocycles. The predicted octanol–water partition coefficient (Wildman–Crippen LogP) is 2.25. The number of terminal acetylenes is 1. The highest BCUT2D eigenvalue weighted by molar-refractivity contribution is 7.33. The van der Waals surface area contributed by atoms with Crippen molar-refractivity contribution in [1.29, 1.82) is 0 Å². The molecular formula is C9H15O3P. The molecular weight excluding hydrogens is 187 g/mol. The maximum absolute atomic E-state index is 10.8. The SMILES string of the molecule is C#CC(C)(C)C(=C)CO[PH](=O)OC. The van der Waals surface area contributed by atoms with Gasteiger partial charge in [-0.3, -0.25) is 4.57 Å². The zero-order valence-electron chi connectivity index (χ0n) is 8.22. The first-order valence-electron chi connectivity index (χ1n) is 3.81. The van der Waals surface area contributed by atoms with E-state index < -0.39 is 13.7 Å². The molecule has 0 N–H and O–H groups in total. The summed E-state index contributed by atoms with van der Waals surface area (Å²) in [5.74, 6) is 2.57. The van der Waals surface area contributed by atoms with Crippen LogP contribution in [0.5, 0.6) is 0 Å². The highest BCUT2D eigenvalue weighted by Gasteiger charge is 2.18. The third-order valence-corrected chi connectivity index (χ3v) is 2.49. The average molecular weight is 202 g/mol. The Bertz CT molecular complexity index is 250. The van der Waals surface area contributed by atoms with Crippen molar-refractivity contribution in [2.45, 2.75) is 13.8 Å². The minimum absolute atomic E-state index is 0.169. The summed E-state index contributed by atoms with van der Waals surface area (Å²) in [6, 6.07) is 0. The fourth-order valence-corrected chi connectivity index (χ4v) is 0.897. The molecule has 0 saturated carbocycles. The molecule has 1 unspecified atom stereocenters. The van der Waals surface area contributed by atoms with Gasteiger partial charge in [-0.05, 0) is 19.4 Å². The molecule has 1 atom stereocenters. The summed E-state index contributed by atoms with van der Waals surface area (Å²) in [6.07, 6.45) is 5.28. The Morgan fingerprint density at radius 1 is 1.69 bits per heavy atom. The second-order valence-electron chi connectivity index (χ2n) is 3.12. The van der Waals surface area contributed by atoms with E-state index in [2.05, 4.69) is 17.0 Å². The van der Waals surface area contributed by atoms with E-state index in [4.69, 9.17) is 10.9 Å². The van der Waals surface area contributed by atoms with E-state index in [0.29, 0.717) is 5.57 Å². The topological polar surface area (TPSA) is 35.5 Å². The normalized spacial score (nSPS) is 13.4. The molecule has 0 fully saturated rings. The van der Waals surface area contributed by atoms with Gasteiger partial charge in [0.2, 0.25) is 0 Å². The molecule has 0 amide bonds. The highest BCUT2D eigenvalue weighted by Crippen LogP contribution is 2.28. The Morgan fingerprint density at radius 3 is 2.62 bits per heavy atom. The van der Waals surface area contributed by atoms with Crippen LogP contribution in [0, 0.1) is 17.8 Å². The van der Waals surface area contributed by atoms with Crippen molar-refractivity contribution in [1.82, 2.24) is 0 Å². The van der Waals surface area contributed by atoms with Gasteiger partial charge in [-0.15, -0.1) is 6.42 Å². The molecule has 0 aliphatic heterocycles. The monoisotopic (exact) mass is 202 g/mol. The van der Waals surface area contributed by atoms with Gasteiger partial charge in [0.1, 0.15) is 0 Å². The second-order valence-corrected chi connectivity index (χ2v) is 4.31. The Labute approximate surface area is 80.1 Å². The number of hydrogen-bond donors (Lipinski definition) is 0. The lowest BCUT2D eigenvalue weighted by Gasteiger charge is -2.20. The Balaban J connectivity index is 4.04. The quantitative estimate of drug-likeness (QED) is 0.389. The van der Waals surface area contributed by atoms with Crippen LogP contribution in [0.25, 0.3) is 0 Å². The lowest BCUT2D eigenvalue weighted by molar-refractivity contribution is 0.265. The minimum Gasteiger partial charge on any atom is -0.314 e. The molecule has 4 heteroatoms. The first-order chi connectivity index (χ1) is 5.94. The molecule has 74 valence electrons. The van der Waals surface area contributed by atoms with E-state index in [1.807, 2.05) is 13.8 Å². The lowest BCUT2D eigenvalue weighted by Crippen LogP contribution is -2.14. The second kappa shape index (κ2) is 5.24. The van der Waals surface area contributed by atoms with Gasteiger partial charge in [0.05, 0.1) is 6.61 Å². The zero-order chi connectivity index (χ0) is 10.5. The number of rotatable bonds is 5. The summed E-state index contributed by atoms with van der Waals surface area (Å²) >= 11 is 0. The molecule has 0 spiro atoms. The maximum Gasteiger partial charge on any atom is 0.319 e. The van der Waals surface area contributed by atoms with Crippen molar-refractivity contribution in [3.63, 3.8) is 0 Å². The van der Waals surface area contributed by atoms with Crippen molar-refractivity contribution < 1.29 is 13.6 Å². The van der Waals surface area contributed by atoms with Crippen molar-refractivity contribution in [2.75, 3.05) is 13.7 Å². The standard InChI is InChI=1S/C9H15O3P/c1-6-9(3,4)8(2)7-12-13(10)11-5/h1,13H,2,7H2,3-5H3. The van der Waals surface area contributed by atoms with Crippen LogP contribution in [0.2, 0.25) is 0 Å². The van der Waals surface area contributed by atoms with E-state index >= 15 is 0 Å². The summed E-state index contributed by atoms with van der Waals surface area (Å²) in [5.41, 5.74) is 0.279. The lowest BCUT2D eigenvalue weighted by atomic mass is 9.87. The predicted molar refractivity (Wildman–Crippen MR) is 53.7 cm³/mol. The number of hydrogen-bond acceptors (Lipinski definition) is 3. The molecule has 0 aliphatic rings. The molecule has 3 nitrogen and oxygen atoms in total. The van der Waals surface area contributed by atoms with Gasteiger partial charge in [-0.2, -0.15) is 0 Å². The van der Waals surface area contributed by atoms with Gasteiger partial charge in [0, 0.05) is 12.5 Å². The van der Waals surface area contributed by atoms with E-state index in [1.165, 1.54) is 7.11 Å². The summed E-state index contributed by atoms with van der Waals surface area (Å²) in [4.78, 5) is 0. The minimum atomic E-state index is -2.37. The summed E-state index contributed by atoms with van der Waals surface area (Å²) < 4.78 is 20.1. The highest BCUT2D eigenvalue weighted by atomic mass is 31.1. The van der Waals surface area contributed by atoms with Crippen LogP contribution >= 0.6 is 8.25 Å². The molecule has 0 rings (SSSR count). The smallest absolute Gasteiger partial charge is 0.314 e. The third kappa shape index (κ3) is 4.28. The molecule has 0 aromatic rings.